The van der Waals surface area contributed by atoms with Gasteiger partial charge in [0.05, 0.1) is 42.5 Å². The highest BCUT2D eigenvalue weighted by Crippen LogP contribution is 2.35. The van der Waals surface area contributed by atoms with Gasteiger partial charge in [-0.05, 0) is 54.4 Å². The van der Waals surface area contributed by atoms with E-state index in [4.69, 9.17) is 4.74 Å². The van der Waals surface area contributed by atoms with E-state index in [1.54, 1.807) is 0 Å². The molecule has 2 aliphatic heterocycles. The van der Waals surface area contributed by atoms with Crippen LogP contribution < -0.4 is 10.4 Å². The highest BCUT2D eigenvalue weighted by molar-refractivity contribution is 5.83. The van der Waals surface area contributed by atoms with Crippen LogP contribution in [0.4, 0.5) is 4.79 Å². The van der Waals surface area contributed by atoms with E-state index in [0.29, 0.717) is 45.4 Å². The summed E-state index contributed by atoms with van der Waals surface area (Å²) in [7, 11) is 0. The first-order valence-electron chi connectivity index (χ1n) is 16.0. The van der Waals surface area contributed by atoms with Gasteiger partial charge < -0.3 is 35.1 Å². The zero-order chi connectivity index (χ0) is 31.4. The monoisotopic (exact) mass is 612 g/mol. The van der Waals surface area contributed by atoms with Crippen LogP contribution in [0.25, 0.3) is 0 Å². The first-order valence-corrected chi connectivity index (χ1v) is 16.0. The minimum Gasteiger partial charge on any atom is -0.530 e. The molecule has 3 aliphatic rings. The zero-order valence-electron chi connectivity index (χ0n) is 25.5. The summed E-state index contributed by atoms with van der Waals surface area (Å²) in [6.07, 6.45) is 0.414. The normalized spacial score (nSPS) is 24.0. The Morgan fingerprint density at radius 1 is 0.956 bits per heavy atom. The van der Waals surface area contributed by atoms with Gasteiger partial charge in [0.15, 0.2) is 0 Å². The van der Waals surface area contributed by atoms with Crippen molar-refractivity contribution < 1.29 is 29.6 Å². The van der Waals surface area contributed by atoms with Crippen LogP contribution in [0.1, 0.15) is 47.6 Å². The van der Waals surface area contributed by atoms with Crippen molar-refractivity contribution in [3.63, 3.8) is 0 Å². The van der Waals surface area contributed by atoms with Crippen LogP contribution in [0.15, 0.2) is 84.9 Å². The van der Waals surface area contributed by atoms with Gasteiger partial charge in [-0.15, -0.1) is 0 Å². The second-order valence-electron chi connectivity index (χ2n) is 12.7. The van der Waals surface area contributed by atoms with Crippen molar-refractivity contribution in [1.82, 2.24) is 15.1 Å². The van der Waals surface area contributed by atoms with Crippen molar-refractivity contribution >= 4 is 12.0 Å². The Kier molecular flexibility index (Phi) is 9.51. The van der Waals surface area contributed by atoms with Gasteiger partial charge in [0, 0.05) is 26.1 Å². The van der Waals surface area contributed by atoms with Crippen molar-refractivity contribution in [2.45, 2.75) is 74.4 Å². The lowest BCUT2D eigenvalue weighted by Crippen LogP contribution is -2.65. The number of nitrogens with zero attached hydrogens (tertiary/aromatic N) is 2. The summed E-state index contributed by atoms with van der Waals surface area (Å²) < 4.78 is 5.54. The fourth-order valence-corrected chi connectivity index (χ4v) is 7.44. The van der Waals surface area contributed by atoms with Gasteiger partial charge in [0.1, 0.15) is 6.09 Å². The zero-order valence-corrected chi connectivity index (χ0v) is 25.5. The predicted molar refractivity (Wildman–Crippen MR) is 167 cm³/mol. The minimum absolute atomic E-state index is 0.176. The summed E-state index contributed by atoms with van der Waals surface area (Å²) in [5, 5.41) is 38.8. The summed E-state index contributed by atoms with van der Waals surface area (Å²) in [6.45, 7) is 1.54. The van der Waals surface area contributed by atoms with Crippen LogP contribution in [0, 0.1) is 0 Å². The molecule has 0 spiro atoms. The molecule has 3 N–H and O–H groups in total. The molecule has 1 aliphatic carbocycles. The molecular weight excluding hydrogens is 570 g/mol. The number of piperidine rings is 1. The van der Waals surface area contributed by atoms with Crippen LogP contribution >= 0.6 is 0 Å². The Balaban J connectivity index is 1.23. The Labute approximate surface area is 264 Å². The standard InChI is InChI=1S/C36H43N3O6/c40-31-23-27-13-7-8-14-29(27)33(31)37-34(41)30(21-25-9-3-1-4-10-25)38-18-16-36(44,17-19-38)32(22-26-11-5-2-6-12-26)39(35(42)43)28-15-20-45-24-28/h1-14,28,30-33,40,44H,15-24H2,(H,37,41)(H,42,43)/p-1/t28-,30-,31+,32-,33-/m0/s1. The first kappa shape index (κ1) is 31.2. The Hall–Kier alpha value is -3.76. The lowest BCUT2D eigenvalue weighted by atomic mass is 9.79. The third-order valence-electron chi connectivity index (χ3n) is 9.92. The molecule has 45 heavy (non-hydrogen) atoms. The van der Waals surface area contributed by atoms with Crippen molar-refractivity contribution in [3.8, 4) is 0 Å². The molecule has 5 atom stereocenters. The van der Waals surface area contributed by atoms with Crippen LogP contribution in [0.3, 0.4) is 0 Å². The molecule has 3 aromatic rings. The highest BCUT2D eigenvalue weighted by Gasteiger charge is 2.47. The minimum atomic E-state index is -1.33. The molecule has 2 heterocycles. The molecule has 0 saturated carbocycles. The van der Waals surface area contributed by atoms with Crippen molar-refractivity contribution in [3.05, 3.63) is 107 Å². The molecule has 2 fully saturated rings. The molecule has 6 rings (SSSR count). The maximum Gasteiger partial charge on any atom is 0.238 e. The number of hydrogen-bond acceptors (Lipinski definition) is 7. The summed E-state index contributed by atoms with van der Waals surface area (Å²) in [5.74, 6) is -0.176. The number of likely N-dealkylation sites (tertiary alicyclic amines) is 1. The van der Waals surface area contributed by atoms with Gasteiger partial charge >= 0.3 is 0 Å². The lowest BCUT2D eigenvalue weighted by Gasteiger charge is -2.50. The molecule has 2 saturated heterocycles. The molecule has 238 valence electrons. The van der Waals surface area contributed by atoms with E-state index >= 15 is 0 Å². The number of nitrogens with one attached hydrogen (secondary N) is 1. The van der Waals surface area contributed by atoms with E-state index in [1.807, 2.05) is 84.9 Å². The first-order chi connectivity index (χ1) is 21.8. The van der Waals surface area contributed by atoms with Crippen LogP contribution in [0.2, 0.25) is 0 Å². The lowest BCUT2D eigenvalue weighted by molar-refractivity contribution is -0.275. The van der Waals surface area contributed by atoms with E-state index in [0.717, 1.165) is 22.3 Å². The summed E-state index contributed by atoms with van der Waals surface area (Å²) >= 11 is 0. The fraction of sp³-hybridized carbons (Fsp3) is 0.444. The van der Waals surface area contributed by atoms with Crippen LogP contribution in [0.5, 0.6) is 0 Å². The van der Waals surface area contributed by atoms with Crippen molar-refractivity contribution in [1.29, 1.82) is 0 Å². The Morgan fingerprint density at radius 3 is 2.20 bits per heavy atom. The van der Waals surface area contributed by atoms with Gasteiger partial charge in [-0.2, -0.15) is 0 Å². The number of carbonyl (C=O) groups is 2. The van der Waals surface area contributed by atoms with Crippen LogP contribution in [-0.2, 0) is 28.8 Å². The number of aliphatic hydroxyl groups excluding tert-OH is 1. The van der Waals surface area contributed by atoms with Gasteiger partial charge in [0.2, 0.25) is 5.91 Å². The quantitative estimate of drug-likeness (QED) is 0.321. The van der Waals surface area contributed by atoms with Gasteiger partial charge in [0.25, 0.3) is 0 Å². The number of fused-ring (bicyclic) bond motifs is 1. The molecule has 9 heteroatoms. The molecule has 2 amide bonds. The van der Waals surface area contributed by atoms with Crippen molar-refractivity contribution in [2.24, 2.45) is 0 Å². The third-order valence-corrected chi connectivity index (χ3v) is 9.92. The van der Waals surface area contributed by atoms with E-state index in [1.165, 1.54) is 4.90 Å². The van der Waals surface area contributed by atoms with E-state index in [2.05, 4.69) is 10.2 Å². The number of aliphatic hydroxyl groups is 2. The fourth-order valence-electron chi connectivity index (χ4n) is 7.44. The number of carboxylic acid groups (broad SMARTS) is 1. The third kappa shape index (κ3) is 6.92. The molecule has 0 aromatic heterocycles. The number of carbonyl (C=O) groups excluding carboxylic acids is 2. The molecule has 0 radical (unpaired) electrons. The second-order valence-corrected chi connectivity index (χ2v) is 12.7. The Bertz CT molecular complexity index is 1440. The maximum atomic E-state index is 14.0. The molecule has 0 unspecified atom stereocenters. The molecular formula is C36H42N3O6-. The molecule has 9 nitrogen and oxygen atoms in total. The summed E-state index contributed by atoms with van der Waals surface area (Å²) in [4.78, 5) is 30.1. The largest absolute Gasteiger partial charge is 0.530 e. The number of amides is 2. The van der Waals surface area contributed by atoms with Gasteiger partial charge in [-0.1, -0.05) is 84.9 Å². The number of ether oxygens (including phenoxy) is 1. The topological polar surface area (TPSA) is 125 Å². The van der Waals surface area contributed by atoms with E-state index < -0.39 is 35.9 Å². The number of hydrogen-bond donors (Lipinski definition) is 3. The Morgan fingerprint density at radius 2 is 1.58 bits per heavy atom. The summed E-state index contributed by atoms with van der Waals surface area (Å²) in [5.41, 5.74) is 2.58. The predicted octanol–water partition coefficient (Wildman–Crippen LogP) is 2.24. The van der Waals surface area contributed by atoms with E-state index in [-0.39, 0.29) is 31.4 Å². The molecule has 0 bridgehead atoms. The number of rotatable bonds is 10. The maximum absolute atomic E-state index is 14.0. The van der Waals surface area contributed by atoms with Gasteiger partial charge in [-0.3, -0.25) is 9.69 Å². The van der Waals surface area contributed by atoms with Crippen LogP contribution in [-0.4, -0.2) is 88.1 Å². The summed E-state index contributed by atoms with van der Waals surface area (Å²) in [6, 6.07) is 25.1. The molecule has 3 aromatic carbocycles. The number of benzene rings is 3. The smallest absolute Gasteiger partial charge is 0.238 e. The van der Waals surface area contributed by atoms with Gasteiger partial charge in [-0.25, -0.2) is 0 Å². The second kappa shape index (κ2) is 13.7. The SMILES string of the molecule is O=C(N[C@H]1c2ccccc2C[C@H]1O)[C@H](Cc1ccccc1)N1CCC(O)([C@H](Cc2ccccc2)N(C(=O)[O-])[C@H]2CCOC2)CC1. The average molecular weight is 613 g/mol. The average Bonchev–Trinajstić information content (AvgIpc) is 3.69. The highest BCUT2D eigenvalue weighted by atomic mass is 16.5. The van der Waals surface area contributed by atoms with E-state index in [9.17, 15) is 24.9 Å². The van der Waals surface area contributed by atoms with Crippen molar-refractivity contribution in [2.75, 3.05) is 26.3 Å².